The largest absolute Gasteiger partial charge is 0.321 e. The van der Waals surface area contributed by atoms with Crippen molar-refractivity contribution >= 4 is 33.7 Å². The smallest absolute Gasteiger partial charge is 0.272 e. The van der Waals surface area contributed by atoms with Gasteiger partial charge in [0, 0.05) is 17.5 Å². The third-order valence-corrected chi connectivity index (χ3v) is 4.95. The molecule has 2 aromatic heterocycles. The van der Waals surface area contributed by atoms with Crippen LogP contribution in [0.25, 0.3) is 10.8 Å². The minimum absolute atomic E-state index is 0.121. The van der Waals surface area contributed by atoms with E-state index in [-0.39, 0.29) is 11.5 Å². The topological polar surface area (TPSA) is 74.8 Å². The first-order chi connectivity index (χ1) is 12.7. The summed E-state index contributed by atoms with van der Waals surface area (Å²) in [7, 11) is 0. The van der Waals surface area contributed by atoms with Gasteiger partial charge in [0.05, 0.1) is 16.0 Å². The number of H-pyrrole nitrogens is 1. The van der Waals surface area contributed by atoms with Crippen molar-refractivity contribution in [1.82, 2.24) is 10.2 Å². The van der Waals surface area contributed by atoms with Gasteiger partial charge in [-0.1, -0.05) is 36.4 Å². The van der Waals surface area contributed by atoms with Crippen LogP contribution in [0, 0.1) is 0 Å². The summed E-state index contributed by atoms with van der Waals surface area (Å²) < 4.78 is 0. The molecule has 0 atom stereocenters. The molecule has 4 aromatic rings. The number of carbonyl (C=O) groups is 1. The molecule has 2 aromatic carbocycles. The zero-order valence-electron chi connectivity index (χ0n) is 13.7. The van der Waals surface area contributed by atoms with Crippen molar-refractivity contribution in [3.63, 3.8) is 0 Å². The van der Waals surface area contributed by atoms with Crippen molar-refractivity contribution < 1.29 is 4.79 Å². The number of hydrogen-bond acceptors (Lipinski definition) is 4. The third-order valence-electron chi connectivity index (χ3n) is 4.08. The molecule has 6 heteroatoms. The predicted octanol–water partition coefficient (Wildman–Crippen LogP) is 3.83. The fourth-order valence-electron chi connectivity index (χ4n) is 2.86. The van der Waals surface area contributed by atoms with Crippen LogP contribution in [0.15, 0.2) is 70.8 Å². The van der Waals surface area contributed by atoms with Crippen LogP contribution < -0.4 is 10.9 Å². The van der Waals surface area contributed by atoms with Gasteiger partial charge in [0.15, 0.2) is 0 Å². The molecule has 0 spiro atoms. The maximum absolute atomic E-state index is 12.2. The summed E-state index contributed by atoms with van der Waals surface area (Å²) in [6.07, 6.45) is 0.556. The number of benzene rings is 2. The van der Waals surface area contributed by atoms with E-state index in [1.807, 2.05) is 53.9 Å². The van der Waals surface area contributed by atoms with Gasteiger partial charge in [0.2, 0.25) is 0 Å². The number of anilines is 1. The van der Waals surface area contributed by atoms with Crippen molar-refractivity contribution in [1.29, 1.82) is 0 Å². The fourth-order valence-corrected chi connectivity index (χ4v) is 3.48. The van der Waals surface area contributed by atoms with Gasteiger partial charge >= 0.3 is 0 Å². The lowest BCUT2D eigenvalue weighted by molar-refractivity contribution is 0.103. The number of nitrogens with zero attached hydrogens (tertiary/aromatic N) is 1. The Morgan fingerprint density at radius 3 is 2.69 bits per heavy atom. The minimum Gasteiger partial charge on any atom is -0.321 e. The van der Waals surface area contributed by atoms with Crippen molar-refractivity contribution in [3.05, 3.63) is 92.5 Å². The van der Waals surface area contributed by atoms with Crippen LogP contribution in [0.1, 0.15) is 20.9 Å². The van der Waals surface area contributed by atoms with E-state index in [1.54, 1.807) is 12.1 Å². The second-order valence-electron chi connectivity index (χ2n) is 5.85. The highest BCUT2D eigenvalue weighted by atomic mass is 32.1. The highest BCUT2D eigenvalue weighted by molar-refractivity contribution is 7.12. The molecule has 2 N–H and O–H groups in total. The molecule has 0 unspecified atom stereocenters. The number of thiophene rings is 1. The molecule has 128 valence electrons. The summed E-state index contributed by atoms with van der Waals surface area (Å²) in [5.41, 5.74) is 2.33. The second-order valence-corrected chi connectivity index (χ2v) is 6.80. The quantitative estimate of drug-likeness (QED) is 0.580. The molecule has 2 heterocycles. The highest BCUT2D eigenvalue weighted by Crippen LogP contribution is 2.19. The zero-order valence-corrected chi connectivity index (χ0v) is 14.5. The van der Waals surface area contributed by atoms with Crippen molar-refractivity contribution in [3.8, 4) is 0 Å². The van der Waals surface area contributed by atoms with E-state index in [4.69, 9.17) is 0 Å². The van der Waals surface area contributed by atoms with E-state index in [9.17, 15) is 9.59 Å². The molecule has 0 fully saturated rings. The standard InChI is InChI=1S/C20H15N3O2S/c24-19-16-8-2-1-7-15(16)17(22-23-19)12-13-5-3-6-14(11-13)21-20(25)18-9-4-10-26-18/h1-11H,12H2,(H,21,25)(H,23,24). The van der Waals surface area contributed by atoms with Gasteiger partial charge in [-0.15, -0.1) is 11.3 Å². The van der Waals surface area contributed by atoms with Crippen molar-refractivity contribution in [2.45, 2.75) is 6.42 Å². The molecule has 5 nitrogen and oxygen atoms in total. The number of hydrogen-bond donors (Lipinski definition) is 2. The number of fused-ring (bicyclic) bond motifs is 1. The molecule has 4 rings (SSSR count). The van der Waals surface area contributed by atoms with E-state index < -0.39 is 0 Å². The summed E-state index contributed by atoms with van der Waals surface area (Å²) >= 11 is 1.40. The Morgan fingerprint density at radius 2 is 1.88 bits per heavy atom. The monoisotopic (exact) mass is 361 g/mol. The van der Waals surface area contributed by atoms with Gasteiger partial charge < -0.3 is 5.32 Å². The van der Waals surface area contributed by atoms with Crippen LogP contribution in [0.3, 0.4) is 0 Å². The Morgan fingerprint density at radius 1 is 1.04 bits per heavy atom. The Bertz CT molecular complexity index is 1130. The lowest BCUT2D eigenvalue weighted by atomic mass is 10.0. The normalized spacial score (nSPS) is 10.8. The van der Waals surface area contributed by atoms with E-state index in [2.05, 4.69) is 15.5 Å². The number of carbonyl (C=O) groups excluding carboxylic acids is 1. The molecule has 0 aliphatic heterocycles. The molecule has 0 saturated carbocycles. The number of amides is 1. The summed E-state index contributed by atoms with van der Waals surface area (Å²) in [5, 5.41) is 13.0. The maximum atomic E-state index is 12.2. The van der Waals surface area contributed by atoms with E-state index in [1.165, 1.54) is 11.3 Å². The van der Waals surface area contributed by atoms with Crippen LogP contribution in [0.5, 0.6) is 0 Å². The Kier molecular flexibility index (Phi) is 4.33. The number of aromatic nitrogens is 2. The highest BCUT2D eigenvalue weighted by Gasteiger charge is 2.09. The lowest BCUT2D eigenvalue weighted by Gasteiger charge is -2.08. The van der Waals surface area contributed by atoms with Crippen molar-refractivity contribution in [2.75, 3.05) is 5.32 Å². The first-order valence-corrected chi connectivity index (χ1v) is 8.99. The predicted molar refractivity (Wildman–Crippen MR) is 104 cm³/mol. The van der Waals surface area contributed by atoms with E-state index >= 15 is 0 Å². The average Bonchev–Trinajstić information content (AvgIpc) is 3.20. The number of rotatable bonds is 4. The summed E-state index contributed by atoms with van der Waals surface area (Å²) in [6, 6.07) is 18.7. The molecule has 0 aliphatic rings. The molecule has 0 aliphatic carbocycles. The molecule has 26 heavy (non-hydrogen) atoms. The summed E-state index contributed by atoms with van der Waals surface area (Å²) in [6.45, 7) is 0. The second kappa shape index (κ2) is 6.93. The molecular formula is C20H15N3O2S. The summed E-state index contributed by atoms with van der Waals surface area (Å²) in [5.74, 6) is -0.121. The number of aromatic amines is 1. The van der Waals surface area contributed by atoms with Gasteiger partial charge in [-0.2, -0.15) is 5.10 Å². The van der Waals surface area contributed by atoms with Crippen LogP contribution in [0.4, 0.5) is 5.69 Å². The van der Waals surface area contributed by atoms with Gasteiger partial charge in [-0.3, -0.25) is 9.59 Å². The first kappa shape index (κ1) is 16.2. The average molecular weight is 361 g/mol. The molecule has 1 amide bonds. The van der Waals surface area contributed by atoms with E-state index in [0.717, 1.165) is 22.3 Å². The van der Waals surface area contributed by atoms with Crippen LogP contribution in [0.2, 0.25) is 0 Å². The summed E-state index contributed by atoms with van der Waals surface area (Å²) in [4.78, 5) is 24.8. The van der Waals surface area contributed by atoms with Crippen LogP contribution >= 0.6 is 11.3 Å². The number of nitrogens with one attached hydrogen (secondary N) is 2. The van der Waals surface area contributed by atoms with Gasteiger partial charge in [0.25, 0.3) is 11.5 Å². The van der Waals surface area contributed by atoms with Gasteiger partial charge in [-0.25, -0.2) is 5.10 Å². The van der Waals surface area contributed by atoms with Crippen LogP contribution in [-0.4, -0.2) is 16.1 Å². The zero-order chi connectivity index (χ0) is 17.9. The first-order valence-electron chi connectivity index (χ1n) is 8.11. The van der Waals surface area contributed by atoms with Crippen LogP contribution in [-0.2, 0) is 6.42 Å². The molecule has 0 bridgehead atoms. The third kappa shape index (κ3) is 3.27. The Labute approximate surface area is 153 Å². The van der Waals surface area contributed by atoms with Gasteiger partial charge in [0.1, 0.15) is 0 Å². The maximum Gasteiger partial charge on any atom is 0.272 e. The Hall–Kier alpha value is -3.25. The Balaban J connectivity index is 1.61. The molecule has 0 saturated heterocycles. The van der Waals surface area contributed by atoms with E-state index in [0.29, 0.717) is 16.7 Å². The minimum atomic E-state index is -0.193. The van der Waals surface area contributed by atoms with Gasteiger partial charge in [-0.05, 0) is 35.2 Å². The SMILES string of the molecule is O=C(Nc1cccc(Cc2n[nH]c(=O)c3ccccc23)c1)c1cccs1. The molecule has 0 radical (unpaired) electrons. The lowest BCUT2D eigenvalue weighted by Crippen LogP contribution is -2.12. The van der Waals surface area contributed by atoms with Crippen molar-refractivity contribution in [2.24, 2.45) is 0 Å². The molecular weight excluding hydrogens is 346 g/mol. The fraction of sp³-hybridized carbons (Fsp3) is 0.0500.